The van der Waals surface area contributed by atoms with Gasteiger partial charge >= 0.3 is 0 Å². The Kier molecular flexibility index (Phi) is 3.56. The predicted molar refractivity (Wildman–Crippen MR) is 78.9 cm³/mol. The van der Waals surface area contributed by atoms with Crippen molar-refractivity contribution in [3.63, 3.8) is 0 Å². The van der Waals surface area contributed by atoms with Crippen molar-refractivity contribution in [1.82, 2.24) is 14.5 Å². The van der Waals surface area contributed by atoms with Crippen LogP contribution in [0, 0.1) is 12.8 Å². The molecule has 3 heterocycles. The molecule has 1 unspecified atom stereocenters. The van der Waals surface area contributed by atoms with Crippen molar-refractivity contribution in [2.75, 3.05) is 5.32 Å². The molecule has 0 bridgehead atoms. The Morgan fingerprint density at radius 2 is 2.35 bits per heavy atom. The van der Waals surface area contributed by atoms with E-state index in [2.05, 4.69) is 26.8 Å². The number of carbonyl (C=O) groups is 1. The molecule has 1 N–H and O–H groups in total. The van der Waals surface area contributed by atoms with Gasteiger partial charge < -0.3 is 9.88 Å². The van der Waals surface area contributed by atoms with Crippen LogP contribution in [-0.4, -0.2) is 20.4 Å². The highest BCUT2D eigenvalue weighted by Crippen LogP contribution is 2.24. The van der Waals surface area contributed by atoms with E-state index in [0.717, 1.165) is 31.6 Å². The van der Waals surface area contributed by atoms with Crippen molar-refractivity contribution in [3.8, 4) is 0 Å². The summed E-state index contributed by atoms with van der Waals surface area (Å²) in [6.45, 7) is 4.79. The van der Waals surface area contributed by atoms with Crippen LogP contribution in [0.4, 0.5) is 5.13 Å². The number of nitrogens with one attached hydrogen (secondary N) is 1. The fourth-order valence-corrected chi connectivity index (χ4v) is 3.30. The number of nitrogens with zero attached hydrogens (tertiary/aromatic N) is 3. The molecule has 0 saturated heterocycles. The van der Waals surface area contributed by atoms with E-state index in [-0.39, 0.29) is 11.8 Å². The van der Waals surface area contributed by atoms with E-state index in [4.69, 9.17) is 0 Å². The van der Waals surface area contributed by atoms with Crippen LogP contribution in [0.2, 0.25) is 0 Å². The van der Waals surface area contributed by atoms with Gasteiger partial charge in [0.2, 0.25) is 5.91 Å². The molecule has 0 saturated carbocycles. The Morgan fingerprint density at radius 3 is 3.10 bits per heavy atom. The van der Waals surface area contributed by atoms with Crippen LogP contribution in [0.5, 0.6) is 0 Å². The number of aryl methyl sites for hydroxylation is 3. The van der Waals surface area contributed by atoms with Crippen molar-refractivity contribution < 1.29 is 4.79 Å². The molecule has 1 aliphatic rings. The van der Waals surface area contributed by atoms with Gasteiger partial charge in [-0.1, -0.05) is 6.92 Å². The second-order valence-corrected chi connectivity index (χ2v) is 6.23. The number of imidazole rings is 1. The molecule has 5 nitrogen and oxygen atoms in total. The van der Waals surface area contributed by atoms with Crippen LogP contribution >= 0.6 is 11.3 Å². The molecule has 2 aromatic heterocycles. The Hall–Kier alpha value is -1.69. The number of anilines is 1. The van der Waals surface area contributed by atoms with E-state index in [1.807, 2.05) is 19.3 Å². The third-order valence-electron chi connectivity index (χ3n) is 3.79. The SMILES string of the molecule is CCc1cnc(NC(=O)C2CCc3cnc(C)n3C2)s1. The first-order chi connectivity index (χ1) is 9.67. The molecule has 1 aliphatic heterocycles. The molecule has 0 fully saturated rings. The molecule has 3 rings (SSSR count). The zero-order chi connectivity index (χ0) is 14.1. The molecule has 6 heteroatoms. The number of rotatable bonds is 3. The highest BCUT2D eigenvalue weighted by atomic mass is 32.1. The van der Waals surface area contributed by atoms with Gasteiger partial charge in [0, 0.05) is 29.5 Å². The second kappa shape index (κ2) is 5.36. The Bertz CT molecular complexity index is 631. The fraction of sp³-hybridized carbons (Fsp3) is 0.500. The molecule has 2 aromatic rings. The maximum Gasteiger partial charge on any atom is 0.231 e. The van der Waals surface area contributed by atoms with Crippen molar-refractivity contribution >= 4 is 22.4 Å². The average molecular weight is 290 g/mol. The molecule has 0 aromatic carbocycles. The molecule has 0 spiro atoms. The normalized spacial score (nSPS) is 17.8. The van der Waals surface area contributed by atoms with E-state index < -0.39 is 0 Å². The van der Waals surface area contributed by atoms with Crippen molar-refractivity contribution in [3.05, 3.63) is 28.8 Å². The third-order valence-corrected chi connectivity index (χ3v) is 4.85. The van der Waals surface area contributed by atoms with Gasteiger partial charge in [-0.05, 0) is 26.2 Å². The molecule has 20 heavy (non-hydrogen) atoms. The first-order valence-electron chi connectivity index (χ1n) is 6.94. The zero-order valence-electron chi connectivity index (χ0n) is 11.7. The summed E-state index contributed by atoms with van der Waals surface area (Å²) in [6.07, 6.45) is 6.49. The Labute approximate surface area is 122 Å². The summed E-state index contributed by atoms with van der Waals surface area (Å²) >= 11 is 1.55. The zero-order valence-corrected chi connectivity index (χ0v) is 12.5. The van der Waals surface area contributed by atoms with E-state index in [1.165, 1.54) is 10.6 Å². The lowest BCUT2D eigenvalue weighted by atomic mass is 9.97. The summed E-state index contributed by atoms with van der Waals surface area (Å²) in [5.41, 5.74) is 1.23. The van der Waals surface area contributed by atoms with Gasteiger partial charge in [-0.2, -0.15) is 0 Å². The number of fused-ring (bicyclic) bond motifs is 1. The van der Waals surface area contributed by atoms with E-state index in [9.17, 15) is 4.79 Å². The minimum absolute atomic E-state index is 0.00405. The fourth-order valence-electron chi connectivity index (χ4n) is 2.55. The average Bonchev–Trinajstić information content (AvgIpc) is 3.06. The van der Waals surface area contributed by atoms with Crippen LogP contribution in [0.1, 0.15) is 29.7 Å². The lowest BCUT2D eigenvalue weighted by molar-refractivity contribution is -0.120. The minimum Gasteiger partial charge on any atom is -0.331 e. The largest absolute Gasteiger partial charge is 0.331 e. The summed E-state index contributed by atoms with van der Waals surface area (Å²) in [5, 5.41) is 3.65. The monoisotopic (exact) mass is 290 g/mol. The molecule has 1 amide bonds. The molecular formula is C14H18N4OS. The lowest BCUT2D eigenvalue weighted by Crippen LogP contribution is -2.31. The van der Waals surface area contributed by atoms with Crippen LogP contribution < -0.4 is 5.32 Å². The standard InChI is InChI=1S/C14H18N4OS/c1-3-12-7-16-14(20-12)17-13(19)10-4-5-11-6-15-9(2)18(11)8-10/h6-7,10H,3-5,8H2,1-2H3,(H,16,17,19). The number of hydrogen-bond donors (Lipinski definition) is 1. The number of hydrogen-bond acceptors (Lipinski definition) is 4. The number of thiazole rings is 1. The van der Waals surface area contributed by atoms with Gasteiger partial charge in [0.1, 0.15) is 5.82 Å². The van der Waals surface area contributed by atoms with Crippen LogP contribution in [0.3, 0.4) is 0 Å². The van der Waals surface area contributed by atoms with Gasteiger partial charge in [-0.3, -0.25) is 4.79 Å². The number of aromatic nitrogens is 3. The van der Waals surface area contributed by atoms with Gasteiger partial charge in [0.25, 0.3) is 0 Å². The Morgan fingerprint density at radius 1 is 1.50 bits per heavy atom. The van der Waals surface area contributed by atoms with Gasteiger partial charge in [0.15, 0.2) is 5.13 Å². The molecule has 0 radical (unpaired) electrons. The summed E-state index contributed by atoms with van der Waals surface area (Å²) in [5.74, 6) is 1.06. The molecular weight excluding hydrogens is 272 g/mol. The predicted octanol–water partition coefficient (Wildman–Crippen LogP) is 2.41. The highest BCUT2D eigenvalue weighted by Gasteiger charge is 2.26. The summed E-state index contributed by atoms with van der Waals surface area (Å²) in [7, 11) is 0. The van der Waals surface area contributed by atoms with Crippen LogP contribution in [0.15, 0.2) is 12.4 Å². The number of amides is 1. The van der Waals surface area contributed by atoms with Crippen LogP contribution in [-0.2, 0) is 24.2 Å². The molecule has 1 atom stereocenters. The molecule has 106 valence electrons. The quantitative estimate of drug-likeness (QED) is 0.944. The van der Waals surface area contributed by atoms with E-state index in [1.54, 1.807) is 11.3 Å². The van der Waals surface area contributed by atoms with Crippen LogP contribution in [0.25, 0.3) is 0 Å². The summed E-state index contributed by atoms with van der Waals surface area (Å²) in [4.78, 5) is 22.1. The smallest absolute Gasteiger partial charge is 0.231 e. The van der Waals surface area contributed by atoms with Crippen molar-refractivity contribution in [2.24, 2.45) is 5.92 Å². The molecule has 0 aliphatic carbocycles. The summed E-state index contributed by atoms with van der Waals surface area (Å²) in [6, 6.07) is 0. The van der Waals surface area contributed by atoms with Gasteiger partial charge in [0.05, 0.1) is 5.92 Å². The van der Waals surface area contributed by atoms with Gasteiger partial charge in [-0.25, -0.2) is 9.97 Å². The third kappa shape index (κ3) is 2.47. The first kappa shape index (κ1) is 13.3. The summed E-state index contributed by atoms with van der Waals surface area (Å²) < 4.78 is 2.15. The van der Waals surface area contributed by atoms with E-state index >= 15 is 0 Å². The first-order valence-corrected chi connectivity index (χ1v) is 7.75. The Balaban J connectivity index is 1.68. The lowest BCUT2D eigenvalue weighted by Gasteiger charge is -2.23. The maximum absolute atomic E-state index is 12.3. The highest BCUT2D eigenvalue weighted by molar-refractivity contribution is 7.15. The second-order valence-electron chi connectivity index (χ2n) is 5.12. The minimum atomic E-state index is 0.00405. The van der Waals surface area contributed by atoms with Crippen molar-refractivity contribution in [2.45, 2.75) is 39.7 Å². The van der Waals surface area contributed by atoms with E-state index in [0.29, 0.717) is 5.13 Å². The van der Waals surface area contributed by atoms with Gasteiger partial charge in [-0.15, -0.1) is 11.3 Å². The topological polar surface area (TPSA) is 59.8 Å². The number of carbonyl (C=O) groups excluding carboxylic acids is 1. The van der Waals surface area contributed by atoms with Crippen molar-refractivity contribution in [1.29, 1.82) is 0 Å². The maximum atomic E-state index is 12.3.